The average molecular weight is 358 g/mol. The van der Waals surface area contributed by atoms with E-state index in [-0.39, 0.29) is 17.0 Å². The monoisotopic (exact) mass is 358 g/mol. The predicted octanol–water partition coefficient (Wildman–Crippen LogP) is 3.16. The maximum absolute atomic E-state index is 12.3. The highest BCUT2D eigenvalue weighted by Crippen LogP contribution is 2.42. The van der Waals surface area contributed by atoms with Gasteiger partial charge in [0.2, 0.25) is 5.91 Å². The van der Waals surface area contributed by atoms with Crippen LogP contribution in [-0.2, 0) is 9.53 Å². The van der Waals surface area contributed by atoms with Crippen molar-refractivity contribution in [3.63, 3.8) is 0 Å². The van der Waals surface area contributed by atoms with Crippen molar-refractivity contribution in [2.24, 2.45) is 0 Å². The van der Waals surface area contributed by atoms with E-state index < -0.39 is 10.9 Å². The molecule has 128 valence electrons. The standard InChI is InChI=1S/C17H14N2O5S/c1-24-17(21)12-4-6-13(7-5-12)18-15(20)10-25-16(18)11-2-8-14(9-3-11)19(22)23/h2-9,16H,10H2,1H3/t16-/m1/s1. The Bertz CT molecular complexity index is 820. The third-order valence-corrected chi connectivity index (χ3v) is 5.04. The van der Waals surface area contributed by atoms with E-state index in [4.69, 9.17) is 0 Å². The summed E-state index contributed by atoms with van der Waals surface area (Å²) in [5.41, 5.74) is 1.87. The van der Waals surface area contributed by atoms with Gasteiger partial charge < -0.3 is 4.74 Å². The molecule has 1 aliphatic rings. The van der Waals surface area contributed by atoms with Gasteiger partial charge in [-0.3, -0.25) is 19.8 Å². The number of thioether (sulfide) groups is 1. The zero-order valence-corrected chi connectivity index (χ0v) is 14.1. The minimum Gasteiger partial charge on any atom is -0.465 e. The molecule has 1 atom stereocenters. The van der Waals surface area contributed by atoms with Gasteiger partial charge in [0.05, 0.1) is 23.3 Å². The molecule has 1 heterocycles. The SMILES string of the molecule is COC(=O)c1ccc(N2C(=O)CS[C@@H]2c2ccc([N+](=O)[O-])cc2)cc1. The van der Waals surface area contributed by atoms with Crippen LogP contribution in [-0.4, -0.2) is 29.7 Å². The van der Waals surface area contributed by atoms with Crippen molar-refractivity contribution >= 4 is 35.0 Å². The summed E-state index contributed by atoms with van der Waals surface area (Å²) >= 11 is 1.45. The molecule has 0 spiro atoms. The van der Waals surface area contributed by atoms with Crippen LogP contribution < -0.4 is 4.90 Å². The summed E-state index contributed by atoms with van der Waals surface area (Å²) in [4.78, 5) is 35.8. The van der Waals surface area contributed by atoms with Gasteiger partial charge in [0.1, 0.15) is 5.37 Å². The third kappa shape index (κ3) is 3.34. The number of amides is 1. The molecule has 0 radical (unpaired) electrons. The smallest absolute Gasteiger partial charge is 0.337 e. The Balaban J connectivity index is 1.89. The summed E-state index contributed by atoms with van der Waals surface area (Å²) in [6, 6.07) is 12.8. The summed E-state index contributed by atoms with van der Waals surface area (Å²) < 4.78 is 4.67. The van der Waals surface area contributed by atoms with E-state index in [1.807, 2.05) is 0 Å². The number of hydrogen-bond donors (Lipinski definition) is 0. The number of methoxy groups -OCH3 is 1. The zero-order valence-electron chi connectivity index (χ0n) is 13.2. The van der Waals surface area contributed by atoms with E-state index in [0.29, 0.717) is 17.0 Å². The number of anilines is 1. The number of esters is 1. The fraction of sp³-hybridized carbons (Fsp3) is 0.176. The van der Waals surface area contributed by atoms with Crippen LogP contribution in [0.5, 0.6) is 0 Å². The van der Waals surface area contributed by atoms with Crippen molar-refractivity contribution in [1.82, 2.24) is 0 Å². The number of nitro groups is 1. The van der Waals surface area contributed by atoms with Crippen LogP contribution in [0.3, 0.4) is 0 Å². The van der Waals surface area contributed by atoms with Crippen molar-refractivity contribution in [2.45, 2.75) is 5.37 Å². The number of non-ortho nitro benzene ring substituents is 1. The Labute approximate surface area is 147 Å². The number of nitrogens with zero attached hydrogens (tertiary/aromatic N) is 2. The van der Waals surface area contributed by atoms with Gasteiger partial charge in [-0.25, -0.2) is 4.79 Å². The van der Waals surface area contributed by atoms with E-state index in [1.54, 1.807) is 41.3 Å². The molecule has 1 saturated heterocycles. The van der Waals surface area contributed by atoms with Crippen LogP contribution >= 0.6 is 11.8 Å². The summed E-state index contributed by atoms with van der Waals surface area (Å²) in [6.45, 7) is 0. The molecular formula is C17H14N2O5S. The lowest BCUT2D eigenvalue weighted by molar-refractivity contribution is -0.384. The number of carbonyl (C=O) groups excluding carboxylic acids is 2. The van der Waals surface area contributed by atoms with Crippen LogP contribution in [0, 0.1) is 10.1 Å². The van der Waals surface area contributed by atoms with Gasteiger partial charge in [0.25, 0.3) is 5.69 Å². The number of nitro benzene ring substituents is 1. The van der Waals surface area contributed by atoms with Crippen LogP contribution in [0.4, 0.5) is 11.4 Å². The Morgan fingerprint density at radius 2 is 1.84 bits per heavy atom. The van der Waals surface area contributed by atoms with Crippen molar-refractivity contribution in [1.29, 1.82) is 0 Å². The van der Waals surface area contributed by atoms with Crippen molar-refractivity contribution < 1.29 is 19.2 Å². The van der Waals surface area contributed by atoms with E-state index >= 15 is 0 Å². The van der Waals surface area contributed by atoms with E-state index in [2.05, 4.69) is 4.74 Å². The minimum absolute atomic E-state index is 0.00653. The Morgan fingerprint density at radius 1 is 1.20 bits per heavy atom. The Kier molecular flexibility index (Phi) is 4.71. The quantitative estimate of drug-likeness (QED) is 0.474. The molecule has 2 aromatic carbocycles. The van der Waals surface area contributed by atoms with Crippen LogP contribution in [0.25, 0.3) is 0 Å². The lowest BCUT2D eigenvalue weighted by Gasteiger charge is -2.24. The van der Waals surface area contributed by atoms with Gasteiger partial charge in [0.15, 0.2) is 0 Å². The number of ether oxygens (including phenoxy) is 1. The van der Waals surface area contributed by atoms with Crippen LogP contribution in [0.1, 0.15) is 21.3 Å². The first-order chi connectivity index (χ1) is 12.0. The zero-order chi connectivity index (χ0) is 18.0. The summed E-state index contributed by atoms with van der Waals surface area (Å²) in [7, 11) is 1.31. The highest BCUT2D eigenvalue weighted by atomic mass is 32.2. The van der Waals surface area contributed by atoms with Crippen molar-refractivity contribution in [2.75, 3.05) is 17.8 Å². The fourth-order valence-corrected chi connectivity index (χ4v) is 3.76. The molecule has 0 N–H and O–H groups in total. The molecule has 1 amide bonds. The highest BCUT2D eigenvalue weighted by Gasteiger charge is 2.34. The minimum atomic E-state index is -0.458. The lowest BCUT2D eigenvalue weighted by atomic mass is 10.1. The largest absolute Gasteiger partial charge is 0.465 e. The average Bonchev–Trinajstić information content (AvgIpc) is 3.02. The predicted molar refractivity (Wildman–Crippen MR) is 93.6 cm³/mol. The van der Waals surface area contributed by atoms with E-state index in [1.165, 1.54) is 31.0 Å². The lowest BCUT2D eigenvalue weighted by Crippen LogP contribution is -2.27. The maximum atomic E-state index is 12.3. The second-order valence-corrected chi connectivity index (χ2v) is 6.38. The molecule has 0 aromatic heterocycles. The van der Waals surface area contributed by atoms with Crippen molar-refractivity contribution in [3.8, 4) is 0 Å². The molecule has 0 saturated carbocycles. The molecule has 3 rings (SSSR count). The van der Waals surface area contributed by atoms with E-state index in [0.717, 1.165) is 5.56 Å². The molecule has 25 heavy (non-hydrogen) atoms. The molecular weight excluding hydrogens is 344 g/mol. The van der Waals surface area contributed by atoms with E-state index in [9.17, 15) is 19.7 Å². The van der Waals surface area contributed by atoms with Gasteiger partial charge in [-0.15, -0.1) is 11.8 Å². The Hall–Kier alpha value is -2.87. The van der Waals surface area contributed by atoms with Gasteiger partial charge in [0, 0.05) is 17.8 Å². The second-order valence-electron chi connectivity index (χ2n) is 5.31. The van der Waals surface area contributed by atoms with Gasteiger partial charge in [-0.05, 0) is 42.0 Å². The third-order valence-electron chi connectivity index (χ3n) is 3.82. The number of carbonyl (C=O) groups is 2. The van der Waals surface area contributed by atoms with Crippen LogP contribution in [0.2, 0.25) is 0 Å². The molecule has 1 aliphatic heterocycles. The number of hydrogen-bond acceptors (Lipinski definition) is 6. The second kappa shape index (κ2) is 6.94. The maximum Gasteiger partial charge on any atom is 0.337 e. The van der Waals surface area contributed by atoms with Gasteiger partial charge in [-0.2, -0.15) is 0 Å². The number of benzene rings is 2. The first-order valence-electron chi connectivity index (χ1n) is 7.37. The fourth-order valence-electron chi connectivity index (χ4n) is 2.59. The summed E-state index contributed by atoms with van der Waals surface area (Å²) in [6.07, 6.45) is 0. The molecule has 0 unspecified atom stereocenters. The molecule has 8 heteroatoms. The summed E-state index contributed by atoms with van der Waals surface area (Å²) in [5.74, 6) is -0.180. The number of rotatable bonds is 4. The van der Waals surface area contributed by atoms with Gasteiger partial charge >= 0.3 is 5.97 Å². The molecule has 7 nitrogen and oxygen atoms in total. The topological polar surface area (TPSA) is 89.8 Å². The molecule has 0 bridgehead atoms. The first-order valence-corrected chi connectivity index (χ1v) is 8.42. The first kappa shape index (κ1) is 17.0. The molecule has 0 aliphatic carbocycles. The Morgan fingerprint density at radius 3 is 2.40 bits per heavy atom. The molecule has 2 aromatic rings. The molecule has 1 fully saturated rings. The highest BCUT2D eigenvalue weighted by molar-refractivity contribution is 8.00. The van der Waals surface area contributed by atoms with Gasteiger partial charge in [-0.1, -0.05) is 0 Å². The normalized spacial score (nSPS) is 16.8. The van der Waals surface area contributed by atoms with Crippen molar-refractivity contribution in [3.05, 3.63) is 69.8 Å². The summed E-state index contributed by atoms with van der Waals surface area (Å²) in [5, 5.41) is 10.5. The van der Waals surface area contributed by atoms with Crippen LogP contribution in [0.15, 0.2) is 48.5 Å².